The van der Waals surface area contributed by atoms with E-state index >= 15 is 0 Å². The number of carbonyl (C=O) groups is 1. The topological polar surface area (TPSA) is 101 Å². The molecule has 178 valence electrons. The highest BCUT2D eigenvalue weighted by Crippen LogP contribution is 2.28. The largest absolute Gasteiger partial charge is 0.324 e. The molecule has 3 aromatic rings. The van der Waals surface area contributed by atoms with E-state index in [-0.39, 0.29) is 4.90 Å². The van der Waals surface area contributed by atoms with Crippen molar-refractivity contribution in [2.45, 2.75) is 37.6 Å². The Morgan fingerprint density at radius 1 is 1.06 bits per heavy atom. The Hall–Kier alpha value is -3.37. The van der Waals surface area contributed by atoms with Gasteiger partial charge in [-0.1, -0.05) is 12.1 Å². The first-order valence-corrected chi connectivity index (χ1v) is 12.4. The summed E-state index contributed by atoms with van der Waals surface area (Å²) in [7, 11) is -3.64. The molecular formula is C24H25FN4O4S. The maximum absolute atomic E-state index is 13.1. The van der Waals surface area contributed by atoms with Crippen LogP contribution in [0.1, 0.15) is 31.4 Å². The molecule has 1 N–H and O–H groups in total. The highest BCUT2D eigenvalue weighted by atomic mass is 32.2. The van der Waals surface area contributed by atoms with E-state index in [1.807, 2.05) is 0 Å². The Balaban J connectivity index is 1.65. The molecule has 0 saturated carbocycles. The van der Waals surface area contributed by atoms with Crippen LogP contribution in [0.5, 0.6) is 0 Å². The van der Waals surface area contributed by atoms with Crippen LogP contribution in [0.2, 0.25) is 0 Å². The molecule has 2 heterocycles. The molecule has 2 aromatic carbocycles. The summed E-state index contributed by atoms with van der Waals surface area (Å²) in [6.45, 7) is 4.25. The van der Waals surface area contributed by atoms with E-state index in [0.29, 0.717) is 35.6 Å². The fraction of sp³-hybridized carbons (Fsp3) is 0.292. The minimum absolute atomic E-state index is 0.202. The van der Waals surface area contributed by atoms with Crippen molar-refractivity contribution < 1.29 is 17.6 Å². The van der Waals surface area contributed by atoms with Gasteiger partial charge in [0, 0.05) is 30.4 Å². The maximum Gasteiger partial charge on any atom is 0.267 e. The van der Waals surface area contributed by atoms with Crippen molar-refractivity contribution in [3.05, 3.63) is 76.3 Å². The standard InChI is InChI=1S/C24H25FN4O4S/c1-16-5-6-18(15-22(16)34(32,33)28-13-3-4-14-28)21-11-12-23(30)29(27-21)17(2)24(31)26-20-9-7-19(25)8-10-20/h5-12,15,17H,3-4,13-14H2,1-2H3,(H,26,31)/t17-/m1/s1. The first-order chi connectivity index (χ1) is 16.2. The van der Waals surface area contributed by atoms with E-state index in [1.165, 1.54) is 47.6 Å². The highest BCUT2D eigenvalue weighted by molar-refractivity contribution is 7.89. The van der Waals surface area contributed by atoms with Crippen molar-refractivity contribution in [1.29, 1.82) is 0 Å². The molecule has 0 unspecified atom stereocenters. The average Bonchev–Trinajstić information content (AvgIpc) is 3.37. The summed E-state index contributed by atoms with van der Waals surface area (Å²) in [6, 6.07) is 12.1. The number of aromatic nitrogens is 2. The van der Waals surface area contributed by atoms with Crippen LogP contribution in [0.3, 0.4) is 0 Å². The Morgan fingerprint density at radius 2 is 1.74 bits per heavy atom. The first kappa shape index (κ1) is 23.8. The van der Waals surface area contributed by atoms with Gasteiger partial charge in [-0.05, 0) is 68.7 Å². The third-order valence-corrected chi connectivity index (χ3v) is 7.89. The smallest absolute Gasteiger partial charge is 0.267 e. The fourth-order valence-corrected chi connectivity index (χ4v) is 5.62. The van der Waals surface area contributed by atoms with Gasteiger partial charge < -0.3 is 5.32 Å². The van der Waals surface area contributed by atoms with Crippen LogP contribution in [-0.4, -0.2) is 41.5 Å². The second kappa shape index (κ2) is 9.47. The Kier molecular flexibility index (Phi) is 6.63. The minimum atomic E-state index is -3.64. The molecule has 34 heavy (non-hydrogen) atoms. The van der Waals surface area contributed by atoms with Gasteiger partial charge in [-0.25, -0.2) is 17.5 Å². The molecule has 1 amide bonds. The molecule has 0 radical (unpaired) electrons. The Bertz CT molecular complexity index is 1380. The lowest BCUT2D eigenvalue weighted by Gasteiger charge is -2.18. The van der Waals surface area contributed by atoms with E-state index in [0.717, 1.165) is 17.5 Å². The van der Waals surface area contributed by atoms with Crippen LogP contribution in [0.4, 0.5) is 10.1 Å². The first-order valence-electron chi connectivity index (χ1n) is 10.9. The Morgan fingerprint density at radius 3 is 2.41 bits per heavy atom. The molecular weight excluding hydrogens is 459 g/mol. The number of hydrogen-bond donors (Lipinski definition) is 1. The molecule has 8 nitrogen and oxygen atoms in total. The SMILES string of the molecule is Cc1ccc(-c2ccc(=O)n([C@H](C)C(=O)Nc3ccc(F)cc3)n2)cc1S(=O)(=O)N1CCCC1. The van der Waals surface area contributed by atoms with Crippen molar-refractivity contribution >= 4 is 21.6 Å². The fourth-order valence-electron chi connectivity index (χ4n) is 3.85. The van der Waals surface area contributed by atoms with Gasteiger partial charge in [-0.2, -0.15) is 9.40 Å². The van der Waals surface area contributed by atoms with Crippen LogP contribution in [-0.2, 0) is 14.8 Å². The number of benzene rings is 2. The number of carbonyl (C=O) groups excluding carboxylic acids is 1. The van der Waals surface area contributed by atoms with E-state index in [4.69, 9.17) is 0 Å². The lowest BCUT2D eigenvalue weighted by molar-refractivity contribution is -0.119. The second-order valence-electron chi connectivity index (χ2n) is 8.26. The molecule has 1 aromatic heterocycles. The molecule has 1 aliphatic heterocycles. The number of aryl methyl sites for hydroxylation is 1. The molecule has 1 saturated heterocycles. The summed E-state index contributed by atoms with van der Waals surface area (Å²) in [4.78, 5) is 25.4. The lowest BCUT2D eigenvalue weighted by Crippen LogP contribution is -2.33. The van der Waals surface area contributed by atoms with Gasteiger partial charge in [0.15, 0.2) is 0 Å². The van der Waals surface area contributed by atoms with Crippen molar-refractivity contribution in [2.24, 2.45) is 0 Å². The number of sulfonamides is 1. The minimum Gasteiger partial charge on any atom is -0.324 e. The van der Waals surface area contributed by atoms with E-state index in [2.05, 4.69) is 10.4 Å². The molecule has 0 spiro atoms. The molecule has 0 bridgehead atoms. The predicted octanol–water partition coefficient (Wildman–Crippen LogP) is 3.34. The van der Waals surface area contributed by atoms with Gasteiger partial charge in [0.1, 0.15) is 11.9 Å². The van der Waals surface area contributed by atoms with E-state index < -0.39 is 33.3 Å². The molecule has 1 aliphatic rings. The monoisotopic (exact) mass is 484 g/mol. The number of amides is 1. The summed E-state index contributed by atoms with van der Waals surface area (Å²) in [6.07, 6.45) is 1.67. The van der Waals surface area contributed by atoms with Gasteiger partial charge in [0.05, 0.1) is 10.6 Å². The molecule has 1 atom stereocenters. The van der Waals surface area contributed by atoms with Crippen LogP contribution in [0.25, 0.3) is 11.3 Å². The zero-order chi connectivity index (χ0) is 24.5. The molecule has 10 heteroatoms. The highest BCUT2D eigenvalue weighted by Gasteiger charge is 2.29. The average molecular weight is 485 g/mol. The molecule has 0 aliphatic carbocycles. The summed E-state index contributed by atoms with van der Waals surface area (Å²) >= 11 is 0. The van der Waals surface area contributed by atoms with Crippen molar-refractivity contribution in [3.8, 4) is 11.3 Å². The molecule has 4 rings (SSSR count). The van der Waals surface area contributed by atoms with Gasteiger partial charge >= 0.3 is 0 Å². The van der Waals surface area contributed by atoms with Gasteiger partial charge in [0.2, 0.25) is 15.9 Å². The number of nitrogens with one attached hydrogen (secondary N) is 1. The predicted molar refractivity (Wildman–Crippen MR) is 126 cm³/mol. The number of halogens is 1. The van der Waals surface area contributed by atoms with Crippen LogP contribution >= 0.6 is 0 Å². The number of rotatable bonds is 6. The van der Waals surface area contributed by atoms with Gasteiger partial charge in [-0.15, -0.1) is 0 Å². The summed E-state index contributed by atoms with van der Waals surface area (Å²) in [5, 5.41) is 6.98. The zero-order valence-electron chi connectivity index (χ0n) is 18.9. The quantitative estimate of drug-likeness (QED) is 0.578. The summed E-state index contributed by atoms with van der Waals surface area (Å²) in [5.41, 5.74) is 1.40. The number of nitrogens with zero attached hydrogens (tertiary/aromatic N) is 3. The lowest BCUT2D eigenvalue weighted by atomic mass is 10.1. The van der Waals surface area contributed by atoms with Gasteiger partial charge in [-0.3, -0.25) is 9.59 Å². The van der Waals surface area contributed by atoms with Crippen molar-refractivity contribution in [2.75, 3.05) is 18.4 Å². The third-order valence-electron chi connectivity index (χ3n) is 5.85. The normalized spacial score (nSPS) is 15.3. The Labute approximate surface area is 197 Å². The third kappa shape index (κ3) is 4.78. The zero-order valence-corrected chi connectivity index (χ0v) is 19.7. The second-order valence-corrected chi connectivity index (χ2v) is 10.2. The van der Waals surface area contributed by atoms with Crippen molar-refractivity contribution in [1.82, 2.24) is 14.1 Å². The van der Waals surface area contributed by atoms with Crippen molar-refractivity contribution in [3.63, 3.8) is 0 Å². The van der Waals surface area contributed by atoms with Gasteiger partial charge in [0.25, 0.3) is 5.56 Å². The number of anilines is 1. The maximum atomic E-state index is 13.1. The molecule has 1 fully saturated rings. The van der Waals surface area contributed by atoms with E-state index in [1.54, 1.807) is 25.1 Å². The summed E-state index contributed by atoms with van der Waals surface area (Å²) in [5.74, 6) is -0.930. The number of hydrogen-bond acceptors (Lipinski definition) is 5. The van der Waals surface area contributed by atoms with Crippen LogP contribution in [0.15, 0.2) is 64.3 Å². The van der Waals surface area contributed by atoms with E-state index in [9.17, 15) is 22.4 Å². The summed E-state index contributed by atoms with van der Waals surface area (Å²) < 4.78 is 41.9. The van der Waals surface area contributed by atoms with Crippen LogP contribution in [0, 0.1) is 12.7 Å². The van der Waals surface area contributed by atoms with Crippen LogP contribution < -0.4 is 10.9 Å².